The van der Waals surface area contributed by atoms with E-state index >= 15 is 0 Å². The minimum atomic E-state index is -0.181. The van der Waals surface area contributed by atoms with Gasteiger partial charge in [-0.05, 0) is 43.3 Å². The summed E-state index contributed by atoms with van der Waals surface area (Å²) in [6.45, 7) is 4.74. The van der Waals surface area contributed by atoms with Crippen LogP contribution < -0.4 is 19.1 Å². The summed E-state index contributed by atoms with van der Waals surface area (Å²) < 4.78 is 23.6. The molecule has 4 rings (SSSR count). The third-order valence-electron chi connectivity index (χ3n) is 5.74. The Morgan fingerprint density at radius 2 is 1.65 bits per heavy atom. The van der Waals surface area contributed by atoms with Crippen LogP contribution in [-0.4, -0.2) is 63.2 Å². The van der Waals surface area contributed by atoms with Gasteiger partial charge in [-0.1, -0.05) is 18.2 Å². The highest BCUT2D eigenvalue weighted by molar-refractivity contribution is 6.08. The molecular weight excluding hydrogens is 434 g/mol. The molecule has 0 atom stereocenters. The summed E-state index contributed by atoms with van der Waals surface area (Å²) in [4.78, 5) is 15.4. The number of anilines is 1. The van der Waals surface area contributed by atoms with Crippen LogP contribution in [0.5, 0.6) is 17.2 Å². The maximum absolute atomic E-state index is 13.1. The first-order valence-corrected chi connectivity index (χ1v) is 11.1. The van der Waals surface area contributed by atoms with Gasteiger partial charge in [-0.15, -0.1) is 0 Å². The summed E-state index contributed by atoms with van der Waals surface area (Å²) >= 11 is 0. The first-order chi connectivity index (χ1) is 16.6. The Hall–Kier alpha value is -3.78. The highest BCUT2D eigenvalue weighted by Gasteiger charge is 2.23. The lowest BCUT2D eigenvalue weighted by Crippen LogP contribution is -2.37. The minimum Gasteiger partial charge on any atom is -0.493 e. The van der Waals surface area contributed by atoms with E-state index < -0.39 is 0 Å². The Labute approximate surface area is 199 Å². The van der Waals surface area contributed by atoms with Gasteiger partial charge in [-0.2, -0.15) is 5.10 Å². The van der Waals surface area contributed by atoms with E-state index in [4.69, 9.17) is 24.0 Å². The smallest absolute Gasteiger partial charge is 0.203 e. The Kier molecular flexibility index (Phi) is 7.18. The van der Waals surface area contributed by atoms with Crippen molar-refractivity contribution in [2.24, 2.45) is 0 Å². The first-order valence-electron chi connectivity index (χ1n) is 11.1. The Bertz CT molecular complexity index is 1160. The van der Waals surface area contributed by atoms with Gasteiger partial charge in [0.15, 0.2) is 17.3 Å². The van der Waals surface area contributed by atoms with E-state index in [1.807, 2.05) is 48.0 Å². The van der Waals surface area contributed by atoms with Gasteiger partial charge >= 0.3 is 0 Å². The molecule has 0 radical (unpaired) electrons. The zero-order valence-corrected chi connectivity index (χ0v) is 19.9. The second-order valence-corrected chi connectivity index (χ2v) is 7.78. The van der Waals surface area contributed by atoms with Crippen molar-refractivity contribution in [1.29, 1.82) is 0 Å². The zero-order valence-electron chi connectivity index (χ0n) is 19.9. The van der Waals surface area contributed by atoms with E-state index in [1.165, 1.54) is 21.3 Å². The van der Waals surface area contributed by atoms with Crippen LogP contribution in [0, 0.1) is 6.92 Å². The molecule has 2 heterocycles. The van der Waals surface area contributed by atoms with Crippen LogP contribution in [0.2, 0.25) is 0 Å². The molecular formula is C26H29N3O5. The van der Waals surface area contributed by atoms with Crippen molar-refractivity contribution in [2.45, 2.75) is 6.92 Å². The van der Waals surface area contributed by atoms with Crippen LogP contribution in [0.25, 0.3) is 11.8 Å². The molecule has 0 amide bonds. The van der Waals surface area contributed by atoms with E-state index in [0.29, 0.717) is 36.0 Å². The zero-order chi connectivity index (χ0) is 24.1. The van der Waals surface area contributed by atoms with Crippen molar-refractivity contribution in [2.75, 3.05) is 52.5 Å². The molecule has 34 heavy (non-hydrogen) atoms. The normalized spacial score (nSPS) is 13.8. The molecule has 8 heteroatoms. The Morgan fingerprint density at radius 1 is 1.00 bits per heavy atom. The summed E-state index contributed by atoms with van der Waals surface area (Å²) in [6, 6.07) is 13.3. The Balaban J connectivity index is 1.73. The molecule has 0 spiro atoms. The van der Waals surface area contributed by atoms with Crippen LogP contribution >= 0.6 is 0 Å². The van der Waals surface area contributed by atoms with Gasteiger partial charge in [0.2, 0.25) is 5.75 Å². The molecule has 8 nitrogen and oxygen atoms in total. The van der Waals surface area contributed by atoms with Gasteiger partial charge in [-0.25, -0.2) is 4.68 Å². The fraction of sp³-hybridized carbons (Fsp3) is 0.308. The second kappa shape index (κ2) is 10.4. The van der Waals surface area contributed by atoms with Crippen molar-refractivity contribution >= 4 is 17.7 Å². The average molecular weight is 464 g/mol. The van der Waals surface area contributed by atoms with E-state index in [9.17, 15) is 4.79 Å². The number of hydrogen-bond acceptors (Lipinski definition) is 7. The molecule has 1 saturated heterocycles. The van der Waals surface area contributed by atoms with Crippen molar-refractivity contribution in [3.63, 3.8) is 0 Å². The van der Waals surface area contributed by atoms with Gasteiger partial charge in [-0.3, -0.25) is 4.79 Å². The van der Waals surface area contributed by atoms with Crippen molar-refractivity contribution in [3.05, 3.63) is 65.4 Å². The number of allylic oxidation sites excluding steroid dienone is 1. The summed E-state index contributed by atoms with van der Waals surface area (Å²) in [6.07, 6.45) is 3.39. The highest BCUT2D eigenvalue weighted by atomic mass is 16.5. The maximum atomic E-state index is 13.1. The average Bonchev–Trinajstić information content (AvgIpc) is 3.23. The number of methoxy groups -OCH3 is 3. The van der Waals surface area contributed by atoms with Crippen molar-refractivity contribution in [3.8, 4) is 22.9 Å². The molecule has 0 N–H and O–H groups in total. The minimum absolute atomic E-state index is 0.181. The molecule has 0 unspecified atom stereocenters. The number of rotatable bonds is 8. The van der Waals surface area contributed by atoms with Gasteiger partial charge in [0.05, 0.1) is 45.9 Å². The van der Waals surface area contributed by atoms with Crippen molar-refractivity contribution in [1.82, 2.24) is 9.78 Å². The number of aryl methyl sites for hydroxylation is 1. The SMILES string of the molecule is COc1cc(C(=O)/C=C/c2c(C)nn(-c3ccccc3)c2N2CCOCC2)cc(OC)c1OC. The molecule has 1 fully saturated rings. The largest absolute Gasteiger partial charge is 0.493 e. The number of ether oxygens (including phenoxy) is 4. The molecule has 1 aliphatic rings. The molecule has 178 valence electrons. The van der Waals surface area contributed by atoms with Gasteiger partial charge < -0.3 is 23.8 Å². The van der Waals surface area contributed by atoms with Crippen LogP contribution in [0.15, 0.2) is 48.5 Å². The van der Waals surface area contributed by atoms with Gasteiger partial charge in [0.25, 0.3) is 0 Å². The number of para-hydroxylation sites is 1. The summed E-state index contributed by atoms with van der Waals surface area (Å²) in [7, 11) is 4.58. The fourth-order valence-electron chi connectivity index (χ4n) is 4.03. The lowest BCUT2D eigenvalue weighted by molar-refractivity contribution is 0.104. The fourth-order valence-corrected chi connectivity index (χ4v) is 4.03. The molecule has 0 aliphatic carbocycles. The van der Waals surface area contributed by atoms with E-state index in [0.717, 1.165) is 35.9 Å². The van der Waals surface area contributed by atoms with Crippen LogP contribution in [-0.2, 0) is 4.74 Å². The molecule has 0 saturated carbocycles. The monoisotopic (exact) mass is 463 g/mol. The van der Waals surface area contributed by atoms with E-state index in [-0.39, 0.29) is 5.78 Å². The molecule has 3 aromatic rings. The number of benzene rings is 2. The third kappa shape index (κ3) is 4.63. The lowest BCUT2D eigenvalue weighted by Gasteiger charge is -2.29. The van der Waals surface area contributed by atoms with Crippen LogP contribution in [0.1, 0.15) is 21.6 Å². The van der Waals surface area contributed by atoms with Gasteiger partial charge in [0.1, 0.15) is 5.82 Å². The number of morpholine rings is 1. The van der Waals surface area contributed by atoms with E-state index in [2.05, 4.69) is 4.90 Å². The van der Waals surface area contributed by atoms with Gasteiger partial charge in [0, 0.05) is 24.2 Å². The molecule has 1 aliphatic heterocycles. The first kappa shape index (κ1) is 23.4. The Morgan fingerprint density at radius 3 is 2.24 bits per heavy atom. The third-order valence-corrected chi connectivity index (χ3v) is 5.74. The summed E-state index contributed by atoms with van der Waals surface area (Å²) in [5.74, 6) is 2.07. The predicted molar refractivity (Wildman–Crippen MR) is 131 cm³/mol. The number of nitrogens with zero attached hydrogens (tertiary/aromatic N) is 3. The van der Waals surface area contributed by atoms with Crippen LogP contribution in [0.3, 0.4) is 0 Å². The lowest BCUT2D eigenvalue weighted by atomic mass is 10.1. The molecule has 2 aromatic carbocycles. The number of aromatic nitrogens is 2. The quantitative estimate of drug-likeness (QED) is 0.370. The van der Waals surface area contributed by atoms with E-state index in [1.54, 1.807) is 18.2 Å². The number of carbonyl (C=O) groups is 1. The number of carbonyl (C=O) groups excluding carboxylic acids is 1. The number of ketones is 1. The van der Waals surface area contributed by atoms with Crippen molar-refractivity contribution < 1.29 is 23.7 Å². The standard InChI is InChI=1S/C26H29N3O5/c1-18-21(10-11-22(30)19-16-23(31-2)25(33-4)24(17-19)32-3)26(28-12-14-34-15-13-28)29(27-18)20-8-6-5-7-9-20/h5-11,16-17H,12-15H2,1-4H3/b11-10+. The van der Waals surface area contributed by atoms with Crippen LogP contribution in [0.4, 0.5) is 5.82 Å². The molecule has 0 bridgehead atoms. The summed E-state index contributed by atoms with van der Waals surface area (Å²) in [5.41, 5.74) is 3.13. The topological polar surface area (TPSA) is 75.1 Å². The summed E-state index contributed by atoms with van der Waals surface area (Å²) in [5, 5.41) is 4.80. The maximum Gasteiger partial charge on any atom is 0.203 e. The highest BCUT2D eigenvalue weighted by Crippen LogP contribution is 2.38. The number of hydrogen-bond donors (Lipinski definition) is 0. The second-order valence-electron chi connectivity index (χ2n) is 7.78. The predicted octanol–water partition coefficient (Wildman–Crippen LogP) is 3.94. The molecule has 1 aromatic heterocycles.